The molecule has 0 atom stereocenters. The summed E-state index contributed by atoms with van der Waals surface area (Å²) in [4.78, 5) is 2.50. The maximum Gasteiger partial charge on any atom is 0.140 e. The average molecular weight is 1070 g/mol. The normalized spacial score (nSPS) is 13.8. The van der Waals surface area contributed by atoms with E-state index in [9.17, 15) is 0 Å². The van der Waals surface area contributed by atoms with Crippen molar-refractivity contribution in [3.05, 3.63) is 354 Å². The van der Waals surface area contributed by atoms with Crippen LogP contribution in [0, 0.1) is 0 Å². The number of nitrogens with zero attached hydrogens (tertiary/aromatic N) is 1. The van der Waals surface area contributed by atoms with E-state index in [0.717, 1.165) is 83.5 Å². The Bertz CT molecular complexity index is 4880. The lowest BCUT2D eigenvalue weighted by atomic mass is 9.65. The van der Waals surface area contributed by atoms with Crippen LogP contribution in [-0.2, 0) is 10.8 Å². The minimum atomic E-state index is -0.674. The molecule has 0 amide bonds. The average Bonchev–Trinajstić information content (AvgIpc) is 1.58. The minimum absolute atomic E-state index is 0.452. The highest BCUT2D eigenvalue weighted by molar-refractivity contribution is 6.02. The Labute approximate surface area is 488 Å². The fourth-order valence-corrected chi connectivity index (χ4v) is 15.4. The van der Waals surface area contributed by atoms with Gasteiger partial charge >= 0.3 is 0 Å². The van der Waals surface area contributed by atoms with E-state index in [0.29, 0.717) is 0 Å². The number of rotatable bonds is 6. The molecule has 14 aromatic rings. The molecule has 14 aromatic carbocycles. The van der Waals surface area contributed by atoms with Crippen molar-refractivity contribution in [3.63, 3.8) is 0 Å². The number of anilines is 3. The van der Waals surface area contributed by atoms with Crippen molar-refractivity contribution in [2.24, 2.45) is 0 Å². The van der Waals surface area contributed by atoms with Gasteiger partial charge in [0.15, 0.2) is 0 Å². The Morgan fingerprint density at radius 2 is 0.619 bits per heavy atom. The summed E-state index contributed by atoms with van der Waals surface area (Å²) in [6.45, 7) is 0. The van der Waals surface area contributed by atoms with Gasteiger partial charge in [-0.15, -0.1) is 0 Å². The van der Waals surface area contributed by atoms with Crippen LogP contribution in [0.1, 0.15) is 44.5 Å². The first kappa shape index (κ1) is 46.9. The van der Waals surface area contributed by atoms with Crippen molar-refractivity contribution in [1.82, 2.24) is 0 Å². The van der Waals surface area contributed by atoms with E-state index in [1.807, 2.05) is 0 Å². The minimum Gasteiger partial charge on any atom is -0.455 e. The summed E-state index contributed by atoms with van der Waals surface area (Å²) in [6, 6.07) is 115. The predicted molar refractivity (Wildman–Crippen MR) is 346 cm³/mol. The van der Waals surface area contributed by atoms with E-state index in [2.05, 4.69) is 314 Å². The van der Waals surface area contributed by atoms with Crippen LogP contribution in [0.5, 0.6) is 11.5 Å². The number of fused-ring (bicyclic) bond motifs is 23. The number of ether oxygens (including phenoxy) is 1. The first-order valence-corrected chi connectivity index (χ1v) is 29.2. The van der Waals surface area contributed by atoms with Gasteiger partial charge in [-0.1, -0.05) is 261 Å². The first-order valence-electron chi connectivity index (χ1n) is 29.2. The van der Waals surface area contributed by atoms with Gasteiger partial charge in [-0.2, -0.15) is 0 Å². The van der Waals surface area contributed by atoms with Crippen LogP contribution in [0.15, 0.2) is 309 Å². The van der Waals surface area contributed by atoms with Crippen LogP contribution < -0.4 is 9.64 Å². The molecule has 3 aliphatic carbocycles. The van der Waals surface area contributed by atoms with Crippen molar-refractivity contribution in [2.75, 3.05) is 4.90 Å². The molecule has 2 spiro atoms. The summed E-state index contributed by atoms with van der Waals surface area (Å²) in [7, 11) is 0. The van der Waals surface area contributed by atoms with Gasteiger partial charge in [-0.25, -0.2) is 0 Å². The molecule has 1 heterocycles. The van der Waals surface area contributed by atoms with Crippen molar-refractivity contribution >= 4 is 38.6 Å². The highest BCUT2D eigenvalue weighted by Gasteiger charge is 2.53. The van der Waals surface area contributed by atoms with Crippen LogP contribution in [0.25, 0.3) is 88.3 Å². The summed E-state index contributed by atoms with van der Waals surface area (Å²) < 4.78 is 7.33. The number of hydrogen-bond acceptors (Lipinski definition) is 2. The Balaban J connectivity index is 0.868. The molecule has 0 radical (unpaired) electrons. The second kappa shape index (κ2) is 17.8. The van der Waals surface area contributed by atoms with E-state index in [-0.39, 0.29) is 0 Å². The lowest BCUT2D eigenvalue weighted by molar-refractivity contribution is 0.447. The van der Waals surface area contributed by atoms with Gasteiger partial charge in [0.2, 0.25) is 0 Å². The van der Waals surface area contributed by atoms with Crippen LogP contribution in [-0.4, -0.2) is 0 Å². The van der Waals surface area contributed by atoms with Gasteiger partial charge < -0.3 is 9.64 Å². The molecular formula is C82H51NO. The topological polar surface area (TPSA) is 12.5 Å². The van der Waals surface area contributed by atoms with Crippen molar-refractivity contribution in [1.29, 1.82) is 0 Å². The highest BCUT2D eigenvalue weighted by Crippen LogP contribution is 2.66. The number of benzene rings is 14. The van der Waals surface area contributed by atoms with Gasteiger partial charge in [-0.05, 0) is 159 Å². The third kappa shape index (κ3) is 6.45. The zero-order valence-electron chi connectivity index (χ0n) is 45.8. The lowest BCUT2D eigenvalue weighted by Crippen LogP contribution is -2.32. The molecule has 2 nitrogen and oxygen atoms in total. The molecule has 0 saturated carbocycles. The molecule has 4 aliphatic rings. The van der Waals surface area contributed by atoms with E-state index >= 15 is 0 Å². The largest absolute Gasteiger partial charge is 0.455 e. The van der Waals surface area contributed by atoms with Crippen molar-refractivity contribution in [3.8, 4) is 78.3 Å². The molecule has 0 fully saturated rings. The van der Waals surface area contributed by atoms with Gasteiger partial charge in [0.1, 0.15) is 11.5 Å². The first-order chi connectivity index (χ1) is 41.6. The Morgan fingerprint density at radius 3 is 1.18 bits per heavy atom. The monoisotopic (exact) mass is 1070 g/mol. The molecule has 0 unspecified atom stereocenters. The van der Waals surface area contributed by atoms with E-state index < -0.39 is 10.8 Å². The summed E-state index contributed by atoms with van der Waals surface area (Å²) in [5, 5.41) is 4.53. The maximum atomic E-state index is 7.33. The van der Waals surface area contributed by atoms with Gasteiger partial charge in [0.05, 0.1) is 10.8 Å². The van der Waals surface area contributed by atoms with Gasteiger partial charge in [0.25, 0.3) is 0 Å². The third-order valence-electron chi connectivity index (χ3n) is 18.9. The van der Waals surface area contributed by atoms with Gasteiger partial charge in [-0.3, -0.25) is 0 Å². The van der Waals surface area contributed by atoms with Crippen molar-refractivity contribution in [2.45, 2.75) is 10.8 Å². The Morgan fingerprint density at radius 1 is 0.214 bits per heavy atom. The summed E-state index contributed by atoms with van der Waals surface area (Å²) >= 11 is 0. The molecule has 1 aliphatic heterocycles. The second-order valence-corrected chi connectivity index (χ2v) is 23.0. The van der Waals surface area contributed by atoms with E-state index in [4.69, 9.17) is 4.74 Å². The third-order valence-corrected chi connectivity index (χ3v) is 18.9. The standard InChI is InChI=1S/C82H51NO/c1-3-20-52(21-4-1)58-46-59(53-22-5-2-6-23-53)49-62(48-58)83(61-41-45-75-70(51-61)68-33-14-18-37-74(68)81(75)71-34-15-11-30-65(71)66-31-12-16-35-72(66)81)60-27-19-26-56(47-60)57-38-42-69-67-32-13-17-36-73(67)82(78(69)50-57)76-43-39-54-24-7-9-28-63(54)79(76)84-80-64-29-10-8-25-55(64)40-44-77(80)82/h1-51H. The van der Waals surface area contributed by atoms with E-state index in [1.54, 1.807) is 0 Å². The Hall–Kier alpha value is -10.8. The zero-order valence-corrected chi connectivity index (χ0v) is 45.8. The molecule has 0 saturated heterocycles. The fraction of sp³-hybridized carbons (Fsp3) is 0.0244. The molecule has 2 heteroatoms. The molecule has 84 heavy (non-hydrogen) atoms. The predicted octanol–water partition coefficient (Wildman–Crippen LogP) is 21.3. The zero-order chi connectivity index (χ0) is 55.1. The molecule has 0 aromatic heterocycles. The van der Waals surface area contributed by atoms with Crippen LogP contribution >= 0.6 is 0 Å². The molecule has 0 N–H and O–H groups in total. The number of hydrogen-bond donors (Lipinski definition) is 0. The molecule has 390 valence electrons. The summed E-state index contributed by atoms with van der Waals surface area (Å²) in [5.74, 6) is 1.83. The fourth-order valence-electron chi connectivity index (χ4n) is 15.4. The van der Waals surface area contributed by atoms with Crippen molar-refractivity contribution < 1.29 is 4.74 Å². The maximum absolute atomic E-state index is 7.33. The molecular weight excluding hydrogens is 1010 g/mol. The molecule has 0 bridgehead atoms. The SMILES string of the molecule is c1ccc(-c2cc(-c3ccccc3)cc(N(c3cccc(-c4ccc5c(c4)C4(c6ccccc6-5)c5ccc6ccccc6c5Oc5c4ccc4ccccc54)c3)c3ccc4c(c3)-c3ccccc3C43c4ccccc4-c4ccccc43)c2)cc1. The second-order valence-electron chi connectivity index (χ2n) is 23.0. The van der Waals surface area contributed by atoms with E-state index in [1.165, 1.54) is 77.9 Å². The van der Waals surface area contributed by atoms with Crippen LogP contribution in [0.4, 0.5) is 17.1 Å². The highest BCUT2D eigenvalue weighted by atomic mass is 16.5. The summed E-state index contributed by atoms with van der Waals surface area (Å²) in [5.41, 5.74) is 26.8. The lowest BCUT2D eigenvalue weighted by Gasteiger charge is -2.40. The Kier molecular flexibility index (Phi) is 9.97. The van der Waals surface area contributed by atoms with Gasteiger partial charge in [0, 0.05) is 39.0 Å². The molecule has 18 rings (SSSR count). The van der Waals surface area contributed by atoms with Crippen LogP contribution in [0.2, 0.25) is 0 Å². The smallest absolute Gasteiger partial charge is 0.140 e. The quantitative estimate of drug-likeness (QED) is 0.165. The summed E-state index contributed by atoms with van der Waals surface area (Å²) in [6.07, 6.45) is 0. The van der Waals surface area contributed by atoms with Crippen LogP contribution in [0.3, 0.4) is 0 Å².